The molecule has 5 nitrogen and oxygen atoms in total. The quantitative estimate of drug-likeness (QED) is 0.573. The third-order valence-electron chi connectivity index (χ3n) is 2.14. The standard InChI is InChI=1S/C8H13NO4/c1-5(10)9-4-6(11)3-7(9)8(12)13-2/h6-7,11H,3-4H2,1-2H3/t6-,7+/m1/s1/i11D. The Hall–Kier alpha value is -1.10. The van der Waals surface area contributed by atoms with Crippen LogP contribution in [0.3, 0.4) is 0 Å². The van der Waals surface area contributed by atoms with E-state index in [4.69, 9.17) is 1.43 Å². The molecule has 0 aromatic carbocycles. The number of carbonyl (C=O) groups excluding carboxylic acids is 2. The first kappa shape index (κ1) is 8.50. The van der Waals surface area contributed by atoms with Crippen molar-refractivity contribution >= 4 is 11.9 Å². The van der Waals surface area contributed by atoms with Crippen LogP contribution >= 0.6 is 0 Å². The van der Waals surface area contributed by atoms with E-state index in [0.717, 1.165) is 0 Å². The van der Waals surface area contributed by atoms with Crippen LogP contribution in [0.4, 0.5) is 0 Å². The molecular formula is C8H13NO4. The molecule has 1 rings (SSSR count). The van der Waals surface area contributed by atoms with Crippen molar-refractivity contribution in [3.63, 3.8) is 0 Å². The van der Waals surface area contributed by atoms with Crippen LogP contribution in [-0.4, -0.2) is 49.1 Å². The summed E-state index contributed by atoms with van der Waals surface area (Å²) in [5.74, 6) is -0.667. The maximum atomic E-state index is 11.3. The highest BCUT2D eigenvalue weighted by Gasteiger charge is 2.37. The lowest BCUT2D eigenvalue weighted by molar-refractivity contribution is -0.150. The molecule has 0 spiro atoms. The zero-order chi connectivity index (χ0) is 10.7. The van der Waals surface area contributed by atoms with Crippen molar-refractivity contribution in [2.24, 2.45) is 0 Å². The number of β-amino-alcohol motifs (C(OH)–C–C–N with tert-alkyl or cyclic N) is 1. The van der Waals surface area contributed by atoms with Crippen LogP contribution in [0.1, 0.15) is 13.3 Å². The number of amides is 1. The molecule has 0 radical (unpaired) electrons. The second kappa shape index (κ2) is 3.74. The predicted octanol–water partition coefficient (Wildman–Crippen LogP) is -0.859. The van der Waals surface area contributed by atoms with E-state index in [2.05, 4.69) is 9.85 Å². The number of aliphatic hydroxyl groups excluding tert-OH is 1. The molecule has 1 aliphatic rings. The summed E-state index contributed by atoms with van der Waals surface area (Å²) in [6.07, 6.45) is -0.0709. The molecule has 0 aromatic heterocycles. The number of hydrogen-bond donors (Lipinski definition) is 1. The van der Waals surface area contributed by atoms with E-state index in [9.17, 15) is 9.59 Å². The molecular weight excluding hydrogens is 174 g/mol. The van der Waals surface area contributed by atoms with E-state index in [-0.39, 0.29) is 12.5 Å². The van der Waals surface area contributed by atoms with Gasteiger partial charge in [0.15, 0.2) is 0 Å². The van der Waals surface area contributed by atoms with Gasteiger partial charge in [0, 0.05) is 19.9 Å². The van der Waals surface area contributed by atoms with Gasteiger partial charge in [-0.3, -0.25) is 4.79 Å². The SMILES string of the molecule is [2H]O[C@@H]1C[C@@H](C(=O)OC)N(C(C)=O)C1. The molecule has 5 heteroatoms. The van der Waals surface area contributed by atoms with Crippen LogP contribution in [0.15, 0.2) is 0 Å². The Balaban J connectivity index is 2.71. The number of esters is 1. The number of likely N-dealkylation sites (tertiary alicyclic amines) is 1. The van der Waals surface area contributed by atoms with Crippen molar-refractivity contribution in [3.8, 4) is 0 Å². The Morgan fingerprint density at radius 3 is 2.85 bits per heavy atom. The summed E-state index contributed by atoms with van der Waals surface area (Å²) in [5.41, 5.74) is 0. The van der Waals surface area contributed by atoms with E-state index in [1.807, 2.05) is 0 Å². The topological polar surface area (TPSA) is 66.8 Å². The largest absolute Gasteiger partial charge is 0.467 e. The van der Waals surface area contributed by atoms with Gasteiger partial charge in [0.05, 0.1) is 13.2 Å². The second-order valence-electron chi connectivity index (χ2n) is 3.07. The third-order valence-corrected chi connectivity index (χ3v) is 2.14. The molecule has 13 heavy (non-hydrogen) atoms. The molecule has 1 fully saturated rings. The van der Waals surface area contributed by atoms with Gasteiger partial charge in [-0.05, 0) is 0 Å². The zero-order valence-corrected chi connectivity index (χ0v) is 7.65. The van der Waals surface area contributed by atoms with Crippen LogP contribution in [0.25, 0.3) is 0 Å². The number of nitrogens with zero attached hydrogens (tertiary/aromatic N) is 1. The van der Waals surface area contributed by atoms with Gasteiger partial charge in [0.1, 0.15) is 6.04 Å². The molecule has 1 aliphatic heterocycles. The van der Waals surface area contributed by atoms with E-state index in [1.54, 1.807) is 0 Å². The van der Waals surface area contributed by atoms with Crippen molar-refractivity contribution in [2.45, 2.75) is 25.5 Å². The van der Waals surface area contributed by atoms with Crippen LogP contribution in [0.2, 0.25) is 0 Å². The molecule has 1 N–H and O–H groups in total. The van der Waals surface area contributed by atoms with Gasteiger partial charge >= 0.3 is 5.97 Å². The van der Waals surface area contributed by atoms with Crippen LogP contribution < -0.4 is 0 Å². The predicted molar refractivity (Wildman–Crippen MR) is 43.8 cm³/mol. The van der Waals surface area contributed by atoms with E-state index >= 15 is 0 Å². The summed E-state index contributed by atoms with van der Waals surface area (Å²) in [6, 6.07) is -0.604. The minimum Gasteiger partial charge on any atom is -0.467 e. The zero-order valence-electron chi connectivity index (χ0n) is 8.65. The minimum absolute atomic E-state index is 0.208. The maximum Gasteiger partial charge on any atom is 0.328 e. The first-order chi connectivity index (χ1) is 6.60. The maximum absolute atomic E-state index is 11.3. The molecule has 0 bridgehead atoms. The molecule has 2 atom stereocenters. The van der Waals surface area contributed by atoms with E-state index < -0.39 is 18.1 Å². The summed E-state index contributed by atoms with van der Waals surface area (Å²) in [5, 5.41) is 4.36. The van der Waals surface area contributed by atoms with Gasteiger partial charge in [-0.1, -0.05) is 0 Å². The summed E-state index contributed by atoms with van der Waals surface area (Å²) in [6.45, 7) is 1.65. The van der Waals surface area contributed by atoms with E-state index in [1.165, 1.54) is 18.9 Å². The fraction of sp³-hybridized carbons (Fsp3) is 0.750. The lowest BCUT2D eigenvalue weighted by atomic mass is 10.2. The summed E-state index contributed by atoms with van der Waals surface area (Å²) in [4.78, 5) is 23.8. The summed E-state index contributed by atoms with van der Waals surface area (Å²) in [7, 11) is 1.27. The number of ether oxygens (including phenoxy) is 1. The smallest absolute Gasteiger partial charge is 0.328 e. The summed E-state index contributed by atoms with van der Waals surface area (Å²) < 4.78 is 11.3. The number of rotatable bonds is 2. The number of aliphatic hydroxyl groups is 1. The lowest BCUT2D eigenvalue weighted by Gasteiger charge is -2.20. The van der Waals surface area contributed by atoms with Crippen LogP contribution in [-0.2, 0) is 14.3 Å². The number of carbonyl (C=O) groups is 2. The normalized spacial score (nSPS) is 28.5. The summed E-state index contributed by atoms with van der Waals surface area (Å²) >= 11 is 0. The third kappa shape index (κ3) is 1.98. The van der Waals surface area contributed by atoms with Crippen molar-refractivity contribution in [1.29, 1.82) is 1.43 Å². The molecule has 74 valence electrons. The average molecular weight is 188 g/mol. The molecule has 0 aliphatic carbocycles. The molecule has 0 saturated carbocycles. The van der Waals surface area contributed by atoms with Gasteiger partial charge in [-0.25, -0.2) is 4.79 Å². The molecule has 1 saturated heterocycles. The Morgan fingerprint density at radius 2 is 2.38 bits per heavy atom. The van der Waals surface area contributed by atoms with Crippen LogP contribution in [0.5, 0.6) is 0 Å². The fourth-order valence-electron chi connectivity index (χ4n) is 1.50. The van der Waals surface area contributed by atoms with Gasteiger partial charge in [0.2, 0.25) is 7.34 Å². The molecule has 0 aromatic rings. The molecule has 1 heterocycles. The lowest BCUT2D eigenvalue weighted by Crippen LogP contribution is -2.39. The average Bonchev–Trinajstić information content (AvgIpc) is 2.60. The highest BCUT2D eigenvalue weighted by molar-refractivity contribution is 5.84. The van der Waals surface area contributed by atoms with Gasteiger partial charge in [-0.15, -0.1) is 0 Å². The second-order valence-corrected chi connectivity index (χ2v) is 3.07. The van der Waals surface area contributed by atoms with Crippen molar-refractivity contribution in [1.82, 2.24) is 4.90 Å². The Morgan fingerprint density at radius 1 is 1.69 bits per heavy atom. The minimum atomic E-state index is -0.604. The highest BCUT2D eigenvalue weighted by atomic mass is 16.5. The van der Waals surface area contributed by atoms with Crippen molar-refractivity contribution in [2.75, 3.05) is 13.7 Å². The van der Waals surface area contributed by atoms with Crippen molar-refractivity contribution in [3.05, 3.63) is 0 Å². The monoisotopic (exact) mass is 188 g/mol. The Kier molecular flexibility index (Phi) is 2.44. The Labute approximate surface area is 77.8 Å². The van der Waals surface area contributed by atoms with Crippen molar-refractivity contribution < 1.29 is 19.4 Å². The fourth-order valence-corrected chi connectivity index (χ4v) is 1.50. The first-order valence-electron chi connectivity index (χ1n) is 4.48. The van der Waals surface area contributed by atoms with E-state index in [0.29, 0.717) is 6.42 Å². The van der Waals surface area contributed by atoms with Gasteiger partial charge in [-0.2, -0.15) is 0 Å². The van der Waals surface area contributed by atoms with Crippen LogP contribution in [0, 0.1) is 0 Å². The first-order valence-corrected chi connectivity index (χ1v) is 4.07. The van der Waals surface area contributed by atoms with Gasteiger partial charge < -0.3 is 14.7 Å². The number of hydrogen-bond acceptors (Lipinski definition) is 4. The highest BCUT2D eigenvalue weighted by Crippen LogP contribution is 2.18. The Bertz CT molecular complexity index is 245. The number of methoxy groups -OCH3 is 1. The molecule has 0 unspecified atom stereocenters. The molecule has 1 amide bonds. The van der Waals surface area contributed by atoms with Gasteiger partial charge in [0.25, 0.3) is 0 Å².